The number of fused-ring (bicyclic) bond motifs is 2. The zero-order valence-corrected chi connectivity index (χ0v) is 7.27. The highest BCUT2D eigenvalue weighted by Crippen LogP contribution is 2.10. The molecular formula is C10H11N3. The number of rotatable bonds is 0. The number of para-hydroxylation sites is 1. The van der Waals surface area contributed by atoms with Gasteiger partial charge in [-0.05, 0) is 6.07 Å². The van der Waals surface area contributed by atoms with E-state index >= 15 is 0 Å². The summed E-state index contributed by atoms with van der Waals surface area (Å²) in [6, 6.07) is 8.24. The molecule has 2 aliphatic rings. The Morgan fingerprint density at radius 1 is 1.38 bits per heavy atom. The van der Waals surface area contributed by atoms with E-state index in [0.29, 0.717) is 6.17 Å². The Morgan fingerprint density at radius 2 is 2.31 bits per heavy atom. The second-order valence-electron chi connectivity index (χ2n) is 3.40. The van der Waals surface area contributed by atoms with Crippen LogP contribution in [0.3, 0.4) is 0 Å². The molecule has 0 aromatic heterocycles. The molecule has 1 saturated heterocycles. The third-order valence-electron chi connectivity index (χ3n) is 2.52. The molecule has 3 rings (SSSR count). The van der Waals surface area contributed by atoms with Gasteiger partial charge in [0.05, 0.1) is 5.36 Å². The molecule has 0 spiro atoms. The minimum Gasteiger partial charge on any atom is -0.291 e. The van der Waals surface area contributed by atoms with Crippen molar-refractivity contribution in [2.75, 3.05) is 6.54 Å². The fourth-order valence-electron chi connectivity index (χ4n) is 1.85. The smallest absolute Gasteiger partial charge is 0.136 e. The van der Waals surface area contributed by atoms with Crippen LogP contribution in [0.15, 0.2) is 29.3 Å². The third-order valence-corrected chi connectivity index (χ3v) is 2.52. The molecule has 1 aromatic rings. The van der Waals surface area contributed by atoms with E-state index in [1.165, 1.54) is 5.22 Å². The lowest BCUT2D eigenvalue weighted by Gasteiger charge is -2.21. The lowest BCUT2D eigenvalue weighted by molar-refractivity contribution is 0.303. The van der Waals surface area contributed by atoms with Gasteiger partial charge in [-0.1, -0.05) is 18.2 Å². The van der Waals surface area contributed by atoms with Crippen molar-refractivity contribution in [3.63, 3.8) is 0 Å². The monoisotopic (exact) mass is 173 g/mol. The normalized spacial score (nSPS) is 24.3. The van der Waals surface area contributed by atoms with E-state index in [2.05, 4.69) is 33.8 Å². The fourth-order valence-corrected chi connectivity index (χ4v) is 1.85. The first-order valence-electron chi connectivity index (χ1n) is 4.60. The molecule has 1 aromatic carbocycles. The van der Waals surface area contributed by atoms with Crippen molar-refractivity contribution in [1.82, 2.24) is 10.4 Å². The molecule has 2 aliphatic heterocycles. The summed E-state index contributed by atoms with van der Waals surface area (Å²) in [6.45, 7) is 1.03. The highest BCUT2D eigenvalue weighted by Gasteiger charge is 2.21. The maximum Gasteiger partial charge on any atom is 0.136 e. The van der Waals surface area contributed by atoms with Crippen LogP contribution < -0.4 is 16.0 Å². The highest BCUT2D eigenvalue weighted by molar-refractivity contribution is 5.25. The summed E-state index contributed by atoms with van der Waals surface area (Å²) < 4.78 is 0. The standard InChI is InChI=1S/C10H11N3/c1-2-4-9-8(3-1)7-13-10(12-9)5-6-11-13/h1-4,7,10-11H,5-6H2. The summed E-state index contributed by atoms with van der Waals surface area (Å²) >= 11 is 0. The molecule has 1 N–H and O–H groups in total. The number of benzene rings is 1. The summed E-state index contributed by atoms with van der Waals surface area (Å²) in [5.41, 5.74) is 3.28. The Morgan fingerprint density at radius 3 is 3.31 bits per heavy atom. The zero-order chi connectivity index (χ0) is 8.67. The first-order valence-corrected chi connectivity index (χ1v) is 4.60. The van der Waals surface area contributed by atoms with Gasteiger partial charge in [-0.25, -0.2) is 5.43 Å². The van der Waals surface area contributed by atoms with Crippen molar-refractivity contribution >= 4 is 6.20 Å². The average molecular weight is 173 g/mol. The molecule has 3 heteroatoms. The van der Waals surface area contributed by atoms with Crippen LogP contribution in [0.25, 0.3) is 6.20 Å². The molecule has 13 heavy (non-hydrogen) atoms. The maximum absolute atomic E-state index is 4.64. The predicted molar refractivity (Wildman–Crippen MR) is 49.9 cm³/mol. The Balaban J connectivity index is 2.24. The fraction of sp³-hybridized carbons (Fsp3) is 0.300. The molecule has 0 radical (unpaired) electrons. The van der Waals surface area contributed by atoms with Crippen LogP contribution in [0.4, 0.5) is 0 Å². The van der Waals surface area contributed by atoms with Crippen molar-refractivity contribution in [2.45, 2.75) is 12.6 Å². The van der Waals surface area contributed by atoms with Gasteiger partial charge in [0, 0.05) is 24.4 Å². The second kappa shape index (κ2) is 2.57. The van der Waals surface area contributed by atoms with Crippen LogP contribution in [0.1, 0.15) is 6.42 Å². The Kier molecular flexibility index (Phi) is 1.40. The van der Waals surface area contributed by atoms with Crippen molar-refractivity contribution in [1.29, 1.82) is 0 Å². The molecular weight excluding hydrogens is 162 g/mol. The number of hydrogen-bond donors (Lipinski definition) is 1. The van der Waals surface area contributed by atoms with Gasteiger partial charge in [0.1, 0.15) is 6.17 Å². The van der Waals surface area contributed by atoms with E-state index in [0.717, 1.165) is 18.3 Å². The summed E-state index contributed by atoms with van der Waals surface area (Å²) in [5.74, 6) is 0. The SMILES string of the molecule is C1=c2ccccc2=NC2CCNN12. The molecule has 0 amide bonds. The van der Waals surface area contributed by atoms with Gasteiger partial charge in [0.2, 0.25) is 0 Å². The summed E-state index contributed by atoms with van der Waals surface area (Å²) in [5, 5.41) is 4.42. The Labute approximate surface area is 76.4 Å². The summed E-state index contributed by atoms with van der Waals surface area (Å²) in [6.07, 6.45) is 3.56. The quantitative estimate of drug-likeness (QED) is 0.578. The minimum absolute atomic E-state index is 0.315. The van der Waals surface area contributed by atoms with Gasteiger partial charge < -0.3 is 0 Å². The molecule has 1 fully saturated rings. The average Bonchev–Trinajstić information content (AvgIpc) is 2.61. The number of nitrogens with one attached hydrogen (secondary N) is 1. The largest absolute Gasteiger partial charge is 0.291 e. The number of nitrogens with zero attached hydrogens (tertiary/aromatic N) is 2. The van der Waals surface area contributed by atoms with E-state index in [-0.39, 0.29) is 0 Å². The summed E-state index contributed by atoms with van der Waals surface area (Å²) in [7, 11) is 0. The first-order chi connectivity index (χ1) is 6.43. The van der Waals surface area contributed by atoms with Crippen molar-refractivity contribution in [2.24, 2.45) is 4.99 Å². The van der Waals surface area contributed by atoms with Gasteiger partial charge >= 0.3 is 0 Å². The lowest BCUT2D eigenvalue weighted by atomic mass is 10.2. The van der Waals surface area contributed by atoms with Gasteiger partial charge in [0.15, 0.2) is 0 Å². The van der Waals surface area contributed by atoms with Crippen LogP contribution >= 0.6 is 0 Å². The van der Waals surface area contributed by atoms with Crippen LogP contribution in [0.5, 0.6) is 0 Å². The second-order valence-corrected chi connectivity index (χ2v) is 3.40. The zero-order valence-electron chi connectivity index (χ0n) is 7.27. The maximum atomic E-state index is 4.64. The number of hydrogen-bond acceptors (Lipinski definition) is 3. The molecule has 2 heterocycles. The highest BCUT2D eigenvalue weighted by atomic mass is 15.6. The van der Waals surface area contributed by atoms with Crippen LogP contribution in [-0.2, 0) is 0 Å². The molecule has 1 atom stereocenters. The van der Waals surface area contributed by atoms with Crippen molar-refractivity contribution in [3.05, 3.63) is 34.8 Å². The molecule has 0 aliphatic carbocycles. The van der Waals surface area contributed by atoms with Crippen LogP contribution in [0, 0.1) is 0 Å². The van der Waals surface area contributed by atoms with Gasteiger partial charge in [0.25, 0.3) is 0 Å². The van der Waals surface area contributed by atoms with Gasteiger partial charge in [-0.15, -0.1) is 0 Å². The Bertz CT molecular complexity index is 397. The Hall–Kier alpha value is -1.35. The van der Waals surface area contributed by atoms with Crippen molar-refractivity contribution in [3.8, 4) is 0 Å². The molecule has 1 unspecified atom stereocenters. The first kappa shape index (κ1) is 7.09. The topological polar surface area (TPSA) is 27.6 Å². The molecule has 66 valence electrons. The van der Waals surface area contributed by atoms with Gasteiger partial charge in [-0.2, -0.15) is 0 Å². The molecule has 0 bridgehead atoms. The minimum atomic E-state index is 0.315. The predicted octanol–water partition coefficient (Wildman–Crippen LogP) is -0.406. The van der Waals surface area contributed by atoms with Crippen LogP contribution in [-0.4, -0.2) is 17.7 Å². The van der Waals surface area contributed by atoms with E-state index < -0.39 is 0 Å². The van der Waals surface area contributed by atoms with Crippen molar-refractivity contribution < 1.29 is 0 Å². The van der Waals surface area contributed by atoms with E-state index in [4.69, 9.17) is 0 Å². The van der Waals surface area contributed by atoms with Gasteiger partial charge in [-0.3, -0.25) is 10.0 Å². The molecule has 0 saturated carbocycles. The van der Waals surface area contributed by atoms with E-state index in [1.54, 1.807) is 0 Å². The van der Waals surface area contributed by atoms with E-state index in [9.17, 15) is 0 Å². The third kappa shape index (κ3) is 1.04. The van der Waals surface area contributed by atoms with E-state index in [1.807, 2.05) is 12.1 Å². The lowest BCUT2D eigenvalue weighted by Crippen LogP contribution is -2.42. The number of hydrazine groups is 1. The summed E-state index contributed by atoms with van der Waals surface area (Å²) in [4.78, 5) is 4.64. The molecule has 3 nitrogen and oxygen atoms in total. The van der Waals surface area contributed by atoms with Crippen LogP contribution in [0.2, 0.25) is 0 Å².